The molecule has 12 heteroatoms. The lowest BCUT2D eigenvalue weighted by molar-refractivity contribution is -0.137. The third-order valence-corrected chi connectivity index (χ3v) is 8.32. The predicted octanol–water partition coefficient (Wildman–Crippen LogP) is 5.17. The molecule has 0 unspecified atom stereocenters. The van der Waals surface area contributed by atoms with Crippen molar-refractivity contribution in [1.82, 2.24) is 9.55 Å². The summed E-state index contributed by atoms with van der Waals surface area (Å²) in [4.78, 5) is 43.8. The van der Waals surface area contributed by atoms with Crippen LogP contribution in [0.15, 0.2) is 58.5 Å². The Balaban J connectivity index is 1.54. The van der Waals surface area contributed by atoms with Gasteiger partial charge in [0.2, 0.25) is 11.8 Å². The van der Waals surface area contributed by atoms with Gasteiger partial charge in [-0.05, 0) is 67.6 Å². The van der Waals surface area contributed by atoms with Crippen LogP contribution in [0.2, 0.25) is 0 Å². The second kappa shape index (κ2) is 10.3. The van der Waals surface area contributed by atoms with Crippen LogP contribution in [0, 0.1) is 0 Å². The van der Waals surface area contributed by atoms with Crippen molar-refractivity contribution >= 4 is 50.8 Å². The second-order valence-corrected chi connectivity index (χ2v) is 10.7. The van der Waals surface area contributed by atoms with E-state index in [9.17, 15) is 27.6 Å². The van der Waals surface area contributed by atoms with E-state index >= 15 is 0 Å². The van der Waals surface area contributed by atoms with Gasteiger partial charge in [-0.15, -0.1) is 11.3 Å². The molecule has 4 aromatic rings. The SMILES string of the molecule is NC(=O)c1ccc(NC(=O)CSc2nc3sc4c(c3c(=O)n2-c2ccccc2C(F)(F)F)CCCC4)cc1. The second-order valence-electron chi connectivity index (χ2n) is 8.72. The number of nitrogens with two attached hydrogens (primary N) is 1. The molecule has 0 saturated carbocycles. The van der Waals surface area contributed by atoms with Crippen LogP contribution in [-0.4, -0.2) is 27.1 Å². The Labute approximate surface area is 222 Å². The maximum atomic E-state index is 13.9. The average molecular weight is 559 g/mol. The quantitative estimate of drug-likeness (QED) is 0.251. The highest BCUT2D eigenvalue weighted by atomic mass is 32.2. The van der Waals surface area contributed by atoms with E-state index in [0.717, 1.165) is 52.1 Å². The lowest BCUT2D eigenvalue weighted by Crippen LogP contribution is -2.25. The Kier molecular flexibility index (Phi) is 7.01. The first-order valence-corrected chi connectivity index (χ1v) is 13.5. The zero-order valence-corrected chi connectivity index (χ0v) is 21.4. The number of thiophene rings is 1. The van der Waals surface area contributed by atoms with Crippen molar-refractivity contribution in [3.05, 3.63) is 80.5 Å². The largest absolute Gasteiger partial charge is 0.418 e. The van der Waals surface area contributed by atoms with Crippen LogP contribution in [0.25, 0.3) is 15.9 Å². The van der Waals surface area contributed by atoms with Gasteiger partial charge in [-0.2, -0.15) is 13.2 Å². The number of hydrogen-bond acceptors (Lipinski definition) is 6. The fraction of sp³-hybridized carbons (Fsp3) is 0.231. The molecule has 2 heterocycles. The molecular weight excluding hydrogens is 537 g/mol. The third kappa shape index (κ3) is 5.05. The number of fused-ring (bicyclic) bond motifs is 3. The summed E-state index contributed by atoms with van der Waals surface area (Å²) in [6.07, 6.45) is -1.35. The highest BCUT2D eigenvalue weighted by molar-refractivity contribution is 7.99. The normalized spacial score (nSPS) is 13.3. The van der Waals surface area contributed by atoms with Gasteiger partial charge in [0.25, 0.3) is 5.56 Å². The zero-order chi connectivity index (χ0) is 27.0. The Hall–Kier alpha value is -3.64. The third-order valence-electron chi connectivity index (χ3n) is 6.19. The van der Waals surface area contributed by atoms with E-state index in [0.29, 0.717) is 22.3 Å². The zero-order valence-electron chi connectivity index (χ0n) is 19.8. The molecule has 0 aliphatic heterocycles. The average Bonchev–Trinajstić information content (AvgIpc) is 3.26. The van der Waals surface area contributed by atoms with Gasteiger partial charge >= 0.3 is 6.18 Å². The van der Waals surface area contributed by atoms with Crippen molar-refractivity contribution in [3.63, 3.8) is 0 Å². The summed E-state index contributed by atoms with van der Waals surface area (Å²) in [6.45, 7) is 0. The van der Waals surface area contributed by atoms with Gasteiger partial charge in [-0.3, -0.25) is 19.0 Å². The summed E-state index contributed by atoms with van der Waals surface area (Å²) in [5.74, 6) is -1.28. The van der Waals surface area contributed by atoms with Crippen LogP contribution in [0.4, 0.5) is 18.9 Å². The summed E-state index contributed by atoms with van der Waals surface area (Å²) in [5.41, 5.74) is 4.91. The van der Waals surface area contributed by atoms with Crippen molar-refractivity contribution in [3.8, 4) is 5.69 Å². The molecule has 2 amide bonds. The number of para-hydroxylation sites is 1. The lowest BCUT2D eigenvalue weighted by Gasteiger charge is -2.17. The summed E-state index contributed by atoms with van der Waals surface area (Å²) >= 11 is 2.26. The molecule has 0 fully saturated rings. The van der Waals surface area contributed by atoms with Crippen LogP contribution in [0.3, 0.4) is 0 Å². The fourth-order valence-electron chi connectivity index (χ4n) is 4.45. The molecule has 0 radical (unpaired) electrons. The highest BCUT2D eigenvalue weighted by Gasteiger charge is 2.35. The van der Waals surface area contributed by atoms with E-state index < -0.39 is 29.1 Å². The number of nitrogens with one attached hydrogen (secondary N) is 1. The number of carbonyl (C=O) groups excluding carboxylic acids is 2. The smallest absolute Gasteiger partial charge is 0.366 e. The molecule has 1 aliphatic rings. The van der Waals surface area contributed by atoms with Crippen molar-refractivity contribution in [2.45, 2.75) is 37.0 Å². The molecule has 2 aromatic heterocycles. The maximum absolute atomic E-state index is 13.9. The molecule has 1 aliphatic carbocycles. The minimum Gasteiger partial charge on any atom is -0.366 e. The van der Waals surface area contributed by atoms with Gasteiger partial charge in [0.1, 0.15) is 4.83 Å². The minimum absolute atomic E-state index is 0.00276. The highest BCUT2D eigenvalue weighted by Crippen LogP contribution is 2.38. The number of primary amides is 1. The van der Waals surface area contributed by atoms with Gasteiger partial charge in [0.05, 0.1) is 22.4 Å². The van der Waals surface area contributed by atoms with E-state index in [-0.39, 0.29) is 22.2 Å². The number of alkyl halides is 3. The van der Waals surface area contributed by atoms with Crippen LogP contribution < -0.4 is 16.6 Å². The molecule has 38 heavy (non-hydrogen) atoms. The van der Waals surface area contributed by atoms with Crippen molar-refractivity contribution < 1.29 is 22.8 Å². The number of aromatic nitrogens is 2. The van der Waals surface area contributed by atoms with Crippen LogP contribution in [0.1, 0.15) is 39.2 Å². The standard InChI is InChI=1S/C26H21F3N4O3S2/c27-26(28,29)17-6-2-3-7-18(17)33-24(36)21-16-5-1-4-8-19(16)38-23(21)32-25(33)37-13-20(34)31-15-11-9-14(10-12-15)22(30)35/h2-3,6-7,9-12H,1,4-5,8,13H2,(H2,30,35)(H,31,34). The number of anilines is 1. The Morgan fingerprint density at radius 3 is 2.50 bits per heavy atom. The summed E-state index contributed by atoms with van der Waals surface area (Å²) in [7, 11) is 0. The van der Waals surface area contributed by atoms with Gasteiger partial charge < -0.3 is 11.1 Å². The molecule has 0 spiro atoms. The molecular formula is C26H21F3N4O3S2. The predicted molar refractivity (Wildman–Crippen MR) is 141 cm³/mol. The number of nitrogens with zero attached hydrogens (tertiary/aromatic N) is 2. The molecule has 7 nitrogen and oxygen atoms in total. The molecule has 0 bridgehead atoms. The Morgan fingerprint density at radius 2 is 1.79 bits per heavy atom. The summed E-state index contributed by atoms with van der Waals surface area (Å²) < 4.78 is 42.8. The summed E-state index contributed by atoms with van der Waals surface area (Å²) in [5, 5.41) is 3.01. The molecule has 3 N–H and O–H groups in total. The molecule has 0 saturated heterocycles. The number of benzene rings is 2. The lowest BCUT2D eigenvalue weighted by atomic mass is 9.97. The van der Waals surface area contributed by atoms with Crippen LogP contribution in [0.5, 0.6) is 0 Å². The minimum atomic E-state index is -4.70. The number of rotatable bonds is 6. The number of carbonyl (C=O) groups is 2. The van der Waals surface area contributed by atoms with E-state index in [4.69, 9.17) is 5.73 Å². The number of halogens is 3. The summed E-state index contributed by atoms with van der Waals surface area (Å²) in [6, 6.07) is 10.8. The molecule has 5 rings (SSSR count). The fourth-order valence-corrected chi connectivity index (χ4v) is 6.56. The van der Waals surface area contributed by atoms with Crippen LogP contribution in [-0.2, 0) is 23.8 Å². The van der Waals surface area contributed by atoms with E-state index in [1.54, 1.807) is 0 Å². The van der Waals surface area contributed by atoms with E-state index in [2.05, 4.69) is 10.3 Å². The monoisotopic (exact) mass is 558 g/mol. The van der Waals surface area contributed by atoms with Gasteiger partial charge in [0.15, 0.2) is 5.16 Å². The Morgan fingerprint density at radius 1 is 1.08 bits per heavy atom. The number of amides is 2. The molecule has 2 aromatic carbocycles. The number of aryl methyl sites for hydroxylation is 2. The first-order valence-electron chi connectivity index (χ1n) is 11.7. The van der Waals surface area contributed by atoms with E-state index in [1.807, 2.05) is 0 Å². The maximum Gasteiger partial charge on any atom is 0.418 e. The Bertz CT molecular complexity index is 1610. The number of thioether (sulfide) groups is 1. The van der Waals surface area contributed by atoms with Crippen molar-refractivity contribution in [1.29, 1.82) is 0 Å². The van der Waals surface area contributed by atoms with Crippen molar-refractivity contribution in [2.75, 3.05) is 11.1 Å². The van der Waals surface area contributed by atoms with Gasteiger partial charge in [-0.1, -0.05) is 23.9 Å². The first kappa shape index (κ1) is 26.0. The molecule has 196 valence electrons. The first-order chi connectivity index (χ1) is 18.1. The van der Waals surface area contributed by atoms with Gasteiger partial charge in [0, 0.05) is 16.1 Å². The number of hydrogen-bond donors (Lipinski definition) is 2. The van der Waals surface area contributed by atoms with Crippen molar-refractivity contribution in [2.24, 2.45) is 5.73 Å². The molecule has 0 atom stereocenters. The van der Waals surface area contributed by atoms with E-state index in [1.165, 1.54) is 53.8 Å². The van der Waals surface area contributed by atoms with Crippen LogP contribution >= 0.6 is 23.1 Å². The topological polar surface area (TPSA) is 107 Å². The van der Waals surface area contributed by atoms with Gasteiger partial charge in [-0.25, -0.2) is 4.98 Å².